The summed E-state index contributed by atoms with van der Waals surface area (Å²) < 4.78 is 27.8. The molecule has 0 amide bonds. The van der Waals surface area contributed by atoms with E-state index in [-0.39, 0.29) is 5.44 Å². The number of aromatic nitrogens is 1. The fourth-order valence-corrected chi connectivity index (χ4v) is 2.87. The SMILES string of the molecule is CCCCc1cc(P(=O)(OCC)OCC)no1. The summed E-state index contributed by atoms with van der Waals surface area (Å²) in [6.07, 6.45) is 2.88. The van der Waals surface area contributed by atoms with Crippen molar-refractivity contribution in [3.8, 4) is 0 Å². The minimum absolute atomic E-state index is 0.271. The van der Waals surface area contributed by atoms with Crippen LogP contribution in [-0.4, -0.2) is 18.4 Å². The predicted octanol–water partition coefficient (Wildman–Crippen LogP) is 2.91. The van der Waals surface area contributed by atoms with Gasteiger partial charge in [-0.1, -0.05) is 18.5 Å². The molecule has 0 aliphatic heterocycles. The van der Waals surface area contributed by atoms with Gasteiger partial charge in [0.2, 0.25) is 0 Å². The van der Waals surface area contributed by atoms with Crippen LogP contribution in [0.1, 0.15) is 39.4 Å². The highest BCUT2D eigenvalue weighted by atomic mass is 31.2. The van der Waals surface area contributed by atoms with E-state index in [2.05, 4.69) is 12.1 Å². The topological polar surface area (TPSA) is 61.6 Å². The van der Waals surface area contributed by atoms with Crippen LogP contribution < -0.4 is 5.44 Å². The zero-order valence-corrected chi connectivity index (χ0v) is 11.5. The molecule has 0 bridgehead atoms. The van der Waals surface area contributed by atoms with Gasteiger partial charge in [0.1, 0.15) is 5.76 Å². The Balaban J connectivity index is 2.80. The molecule has 0 spiro atoms. The molecule has 0 fully saturated rings. The van der Waals surface area contributed by atoms with Gasteiger partial charge in [0.15, 0.2) is 5.44 Å². The Morgan fingerprint density at radius 1 is 1.29 bits per heavy atom. The third kappa shape index (κ3) is 3.95. The summed E-state index contributed by atoms with van der Waals surface area (Å²) >= 11 is 0. The second kappa shape index (κ2) is 6.94. The zero-order valence-electron chi connectivity index (χ0n) is 10.6. The highest BCUT2D eigenvalue weighted by Gasteiger charge is 2.30. The van der Waals surface area contributed by atoms with Crippen LogP contribution in [0.2, 0.25) is 0 Å². The van der Waals surface area contributed by atoms with Crippen LogP contribution in [0.4, 0.5) is 0 Å². The van der Waals surface area contributed by atoms with Crippen molar-refractivity contribution < 1.29 is 18.1 Å². The highest BCUT2D eigenvalue weighted by molar-refractivity contribution is 7.61. The van der Waals surface area contributed by atoms with Crippen LogP contribution >= 0.6 is 7.60 Å². The normalized spacial score (nSPS) is 11.9. The van der Waals surface area contributed by atoms with Crippen LogP contribution in [0.25, 0.3) is 0 Å². The van der Waals surface area contributed by atoms with Crippen LogP contribution in [-0.2, 0) is 20.0 Å². The lowest BCUT2D eigenvalue weighted by molar-refractivity contribution is 0.228. The fourth-order valence-electron chi connectivity index (χ4n) is 1.41. The molecule has 1 rings (SSSR count). The Kier molecular flexibility index (Phi) is 5.89. The number of nitrogens with zero attached hydrogens (tertiary/aromatic N) is 1. The van der Waals surface area contributed by atoms with Crippen molar-refractivity contribution in [1.29, 1.82) is 0 Å². The van der Waals surface area contributed by atoms with Crippen molar-refractivity contribution in [2.45, 2.75) is 40.0 Å². The molecule has 0 aliphatic carbocycles. The van der Waals surface area contributed by atoms with Gasteiger partial charge in [0.25, 0.3) is 0 Å². The van der Waals surface area contributed by atoms with E-state index in [1.54, 1.807) is 19.9 Å². The van der Waals surface area contributed by atoms with Gasteiger partial charge >= 0.3 is 7.60 Å². The molecule has 1 aromatic heterocycles. The lowest BCUT2D eigenvalue weighted by atomic mass is 10.2. The number of hydrogen-bond donors (Lipinski definition) is 0. The maximum absolute atomic E-state index is 12.3. The van der Waals surface area contributed by atoms with Crippen LogP contribution in [0, 0.1) is 0 Å². The van der Waals surface area contributed by atoms with E-state index in [4.69, 9.17) is 13.6 Å². The molecule has 0 aliphatic rings. The van der Waals surface area contributed by atoms with Crippen molar-refractivity contribution in [3.63, 3.8) is 0 Å². The highest BCUT2D eigenvalue weighted by Crippen LogP contribution is 2.46. The van der Waals surface area contributed by atoms with Gasteiger partial charge < -0.3 is 13.6 Å². The maximum atomic E-state index is 12.3. The molecule has 0 N–H and O–H groups in total. The summed E-state index contributed by atoms with van der Waals surface area (Å²) in [5.41, 5.74) is 0.271. The average Bonchev–Trinajstić information content (AvgIpc) is 2.76. The summed E-state index contributed by atoms with van der Waals surface area (Å²) in [6, 6.07) is 1.67. The second-order valence-electron chi connectivity index (χ2n) is 3.59. The van der Waals surface area contributed by atoms with Gasteiger partial charge in [-0.05, 0) is 20.3 Å². The third-order valence-electron chi connectivity index (χ3n) is 2.20. The smallest absolute Gasteiger partial charge is 0.360 e. The van der Waals surface area contributed by atoms with E-state index in [0.29, 0.717) is 13.2 Å². The van der Waals surface area contributed by atoms with Crippen molar-refractivity contribution in [2.75, 3.05) is 13.2 Å². The summed E-state index contributed by atoms with van der Waals surface area (Å²) in [4.78, 5) is 0. The van der Waals surface area contributed by atoms with E-state index >= 15 is 0 Å². The first kappa shape index (κ1) is 14.4. The number of aryl methyl sites for hydroxylation is 1. The second-order valence-corrected chi connectivity index (χ2v) is 5.56. The van der Waals surface area contributed by atoms with E-state index in [1.165, 1.54) is 0 Å². The van der Waals surface area contributed by atoms with Crippen molar-refractivity contribution in [1.82, 2.24) is 5.16 Å². The standard InChI is InChI=1S/C11H20NO4P/c1-4-7-8-10-9-11(12-16-10)17(13,14-5-2)15-6-3/h9H,4-8H2,1-3H3. The number of unbranched alkanes of at least 4 members (excludes halogenated alkanes) is 1. The molecule has 1 heterocycles. The molecule has 0 saturated carbocycles. The minimum atomic E-state index is -3.29. The largest absolute Gasteiger partial charge is 0.383 e. The summed E-state index contributed by atoms with van der Waals surface area (Å²) in [7, 11) is -3.29. The quantitative estimate of drug-likeness (QED) is 0.673. The molecule has 0 atom stereocenters. The Bertz CT molecular complexity index is 367. The van der Waals surface area contributed by atoms with E-state index in [9.17, 15) is 4.57 Å². The van der Waals surface area contributed by atoms with Gasteiger partial charge in [-0.3, -0.25) is 4.57 Å². The molecular formula is C11H20NO4P. The Morgan fingerprint density at radius 3 is 2.47 bits per heavy atom. The summed E-state index contributed by atoms with van der Waals surface area (Å²) in [5, 5.41) is 3.79. The molecule has 0 aromatic carbocycles. The van der Waals surface area contributed by atoms with Gasteiger partial charge in [-0.2, -0.15) is 0 Å². The van der Waals surface area contributed by atoms with Crippen molar-refractivity contribution in [2.24, 2.45) is 0 Å². The first-order chi connectivity index (χ1) is 8.16. The zero-order chi connectivity index (χ0) is 12.7. The maximum Gasteiger partial charge on any atom is 0.383 e. The Morgan fingerprint density at radius 2 is 1.94 bits per heavy atom. The van der Waals surface area contributed by atoms with Gasteiger partial charge in [0.05, 0.1) is 13.2 Å². The fraction of sp³-hybridized carbons (Fsp3) is 0.727. The molecule has 6 heteroatoms. The minimum Gasteiger partial charge on any atom is -0.360 e. The summed E-state index contributed by atoms with van der Waals surface area (Å²) in [5.74, 6) is 0.724. The molecule has 1 aromatic rings. The van der Waals surface area contributed by atoms with Crippen LogP contribution in [0.5, 0.6) is 0 Å². The molecule has 5 nitrogen and oxygen atoms in total. The molecule has 0 radical (unpaired) electrons. The Hall–Kier alpha value is -0.640. The lowest BCUT2D eigenvalue weighted by Gasteiger charge is -2.13. The number of rotatable bonds is 8. The monoisotopic (exact) mass is 261 g/mol. The van der Waals surface area contributed by atoms with Gasteiger partial charge in [-0.15, -0.1) is 0 Å². The molecule has 0 unspecified atom stereocenters. The van der Waals surface area contributed by atoms with Crippen molar-refractivity contribution >= 4 is 13.0 Å². The van der Waals surface area contributed by atoms with E-state index in [1.807, 2.05) is 0 Å². The molecule has 0 saturated heterocycles. The Labute approximate surface area is 102 Å². The van der Waals surface area contributed by atoms with Gasteiger partial charge in [-0.25, -0.2) is 0 Å². The molecule has 98 valence electrons. The van der Waals surface area contributed by atoms with Crippen LogP contribution in [0.3, 0.4) is 0 Å². The number of hydrogen-bond acceptors (Lipinski definition) is 5. The predicted molar refractivity (Wildman–Crippen MR) is 65.6 cm³/mol. The first-order valence-corrected chi connectivity index (χ1v) is 7.55. The van der Waals surface area contributed by atoms with Crippen molar-refractivity contribution in [3.05, 3.63) is 11.8 Å². The lowest BCUT2D eigenvalue weighted by Crippen LogP contribution is -2.11. The average molecular weight is 261 g/mol. The molecular weight excluding hydrogens is 241 g/mol. The third-order valence-corrected chi connectivity index (χ3v) is 4.17. The van der Waals surface area contributed by atoms with Gasteiger partial charge in [0, 0.05) is 12.5 Å². The first-order valence-electron chi connectivity index (χ1n) is 6.01. The van der Waals surface area contributed by atoms with E-state index in [0.717, 1.165) is 25.0 Å². The molecule has 17 heavy (non-hydrogen) atoms. The van der Waals surface area contributed by atoms with E-state index < -0.39 is 7.60 Å². The summed E-state index contributed by atoms with van der Waals surface area (Å²) in [6.45, 7) is 6.26. The van der Waals surface area contributed by atoms with Crippen LogP contribution in [0.15, 0.2) is 10.6 Å².